The van der Waals surface area contributed by atoms with Gasteiger partial charge in [-0.05, 0) is 42.8 Å². The molecule has 1 aliphatic heterocycles. The molecule has 0 radical (unpaired) electrons. The van der Waals surface area contributed by atoms with Crippen molar-refractivity contribution in [2.75, 3.05) is 19.5 Å². The minimum absolute atomic E-state index is 0.321. The van der Waals surface area contributed by atoms with E-state index in [1.165, 1.54) is 14.2 Å². The van der Waals surface area contributed by atoms with E-state index in [0.29, 0.717) is 32.9 Å². The highest BCUT2D eigenvalue weighted by Gasteiger charge is 2.41. The molecule has 8 nitrogen and oxygen atoms in total. The van der Waals surface area contributed by atoms with Crippen LogP contribution in [-0.4, -0.2) is 41.9 Å². The molecule has 2 amide bonds. The number of benzene rings is 2. The smallest absolute Gasteiger partial charge is 0.252 e. The van der Waals surface area contributed by atoms with Crippen molar-refractivity contribution in [3.8, 4) is 11.5 Å². The number of aromatic nitrogens is 2. The number of carbonyl (C=O) groups is 2. The van der Waals surface area contributed by atoms with Gasteiger partial charge in [-0.2, -0.15) is 5.10 Å². The van der Waals surface area contributed by atoms with Crippen molar-refractivity contribution < 1.29 is 19.1 Å². The third-order valence-electron chi connectivity index (χ3n) is 5.67. The number of rotatable bonds is 5. The minimum Gasteiger partial charge on any atom is -0.493 e. The average molecular weight is 489 g/mol. The number of halogens is 2. The molecule has 0 saturated carbocycles. The number of nitrogens with zero attached hydrogens (tertiary/aromatic N) is 2. The van der Waals surface area contributed by atoms with Crippen LogP contribution in [0.1, 0.15) is 33.1 Å². The maximum absolute atomic E-state index is 13.2. The molecule has 2 heterocycles. The van der Waals surface area contributed by atoms with Gasteiger partial charge in [-0.25, -0.2) is 0 Å². The first-order valence-electron chi connectivity index (χ1n) is 10.1. The number of methoxy groups -OCH3 is 2. The van der Waals surface area contributed by atoms with Crippen LogP contribution in [0.5, 0.6) is 11.5 Å². The number of ether oxygens (including phenoxy) is 2. The zero-order valence-corrected chi connectivity index (χ0v) is 19.9. The van der Waals surface area contributed by atoms with E-state index in [-0.39, 0.29) is 5.91 Å². The lowest BCUT2D eigenvalue weighted by atomic mass is 9.82. The van der Waals surface area contributed by atoms with Crippen molar-refractivity contribution in [3.63, 3.8) is 0 Å². The summed E-state index contributed by atoms with van der Waals surface area (Å²) >= 11 is 12.4. The Kier molecular flexibility index (Phi) is 6.23. The molecule has 1 aromatic heterocycles. The molecule has 0 unspecified atom stereocenters. The standard InChI is InChI=1S/C23H22Cl2N4O4/c1-11-18-19(12-5-7-14(24)15(25)9-12)20(23(31)27-21(18)29(2)28-11)26-22(30)13-6-8-16(32-3)17(10-13)33-4/h5-10,19-20H,1-4H3,(H,26,30)(H,27,31)/t19-,20-/m0/s1. The molecule has 33 heavy (non-hydrogen) atoms. The van der Waals surface area contributed by atoms with Crippen LogP contribution in [0.15, 0.2) is 36.4 Å². The van der Waals surface area contributed by atoms with E-state index in [1.807, 2.05) is 6.92 Å². The van der Waals surface area contributed by atoms with Crippen LogP contribution in [0.4, 0.5) is 5.82 Å². The van der Waals surface area contributed by atoms with Crippen molar-refractivity contribution in [1.29, 1.82) is 0 Å². The highest BCUT2D eigenvalue weighted by atomic mass is 35.5. The van der Waals surface area contributed by atoms with Crippen LogP contribution in [0.2, 0.25) is 10.0 Å². The van der Waals surface area contributed by atoms with Gasteiger partial charge in [-0.3, -0.25) is 14.3 Å². The number of carbonyl (C=O) groups excluding carboxylic acids is 2. The van der Waals surface area contributed by atoms with E-state index >= 15 is 0 Å². The molecule has 1 aliphatic rings. The van der Waals surface area contributed by atoms with Gasteiger partial charge >= 0.3 is 0 Å². The van der Waals surface area contributed by atoms with Gasteiger partial charge in [0.2, 0.25) is 5.91 Å². The monoisotopic (exact) mass is 488 g/mol. The Morgan fingerprint density at radius 3 is 2.48 bits per heavy atom. The molecule has 3 aromatic rings. The number of anilines is 1. The third-order valence-corrected chi connectivity index (χ3v) is 6.41. The quantitative estimate of drug-likeness (QED) is 0.567. The lowest BCUT2D eigenvalue weighted by Gasteiger charge is -2.32. The molecule has 172 valence electrons. The van der Waals surface area contributed by atoms with Crippen molar-refractivity contribution in [3.05, 3.63) is 68.8 Å². The van der Waals surface area contributed by atoms with E-state index < -0.39 is 17.9 Å². The molecule has 0 saturated heterocycles. The van der Waals surface area contributed by atoms with Gasteiger partial charge in [0.1, 0.15) is 11.9 Å². The number of hydrogen-bond acceptors (Lipinski definition) is 5. The normalized spacial score (nSPS) is 17.2. The Hall–Kier alpha value is -3.23. The van der Waals surface area contributed by atoms with Gasteiger partial charge in [0.05, 0.1) is 30.0 Å². The Labute approximate surface area is 200 Å². The number of nitrogens with one attached hydrogen (secondary N) is 2. The molecule has 0 aliphatic carbocycles. The number of aryl methyl sites for hydroxylation is 2. The van der Waals surface area contributed by atoms with Gasteiger partial charge < -0.3 is 20.1 Å². The number of fused-ring (bicyclic) bond motifs is 1. The lowest BCUT2D eigenvalue weighted by Crippen LogP contribution is -2.50. The second-order valence-electron chi connectivity index (χ2n) is 7.63. The summed E-state index contributed by atoms with van der Waals surface area (Å²) in [6.07, 6.45) is 0. The topological polar surface area (TPSA) is 94.5 Å². The first-order valence-corrected chi connectivity index (χ1v) is 10.8. The van der Waals surface area contributed by atoms with E-state index in [4.69, 9.17) is 32.7 Å². The molecule has 2 atom stereocenters. The Bertz CT molecular complexity index is 1260. The molecule has 0 spiro atoms. The highest BCUT2D eigenvalue weighted by molar-refractivity contribution is 6.42. The molecule has 0 bridgehead atoms. The molecular formula is C23H22Cl2N4O4. The summed E-state index contributed by atoms with van der Waals surface area (Å²) in [5.41, 5.74) is 2.58. The summed E-state index contributed by atoms with van der Waals surface area (Å²) in [6.45, 7) is 1.86. The van der Waals surface area contributed by atoms with Crippen molar-refractivity contribution in [2.24, 2.45) is 7.05 Å². The van der Waals surface area contributed by atoms with Crippen molar-refractivity contribution >= 4 is 40.8 Å². The van der Waals surface area contributed by atoms with Crippen LogP contribution >= 0.6 is 23.2 Å². The second kappa shape index (κ2) is 8.96. The summed E-state index contributed by atoms with van der Waals surface area (Å²) < 4.78 is 12.1. The highest BCUT2D eigenvalue weighted by Crippen LogP contribution is 2.41. The summed E-state index contributed by atoms with van der Waals surface area (Å²) in [7, 11) is 4.75. The van der Waals surface area contributed by atoms with E-state index in [9.17, 15) is 9.59 Å². The largest absolute Gasteiger partial charge is 0.493 e. The van der Waals surface area contributed by atoms with Gasteiger partial charge in [-0.15, -0.1) is 0 Å². The number of hydrogen-bond donors (Lipinski definition) is 2. The maximum Gasteiger partial charge on any atom is 0.252 e. The van der Waals surface area contributed by atoms with Crippen LogP contribution in [-0.2, 0) is 11.8 Å². The van der Waals surface area contributed by atoms with Crippen LogP contribution in [0, 0.1) is 6.92 Å². The summed E-state index contributed by atoms with van der Waals surface area (Å²) in [4.78, 5) is 26.3. The fraction of sp³-hybridized carbons (Fsp3) is 0.261. The molecule has 4 rings (SSSR count). The van der Waals surface area contributed by atoms with Crippen molar-refractivity contribution in [1.82, 2.24) is 15.1 Å². The van der Waals surface area contributed by atoms with Crippen LogP contribution in [0.25, 0.3) is 0 Å². The van der Waals surface area contributed by atoms with E-state index in [0.717, 1.165) is 16.8 Å². The van der Waals surface area contributed by atoms with E-state index in [1.54, 1.807) is 48.1 Å². The van der Waals surface area contributed by atoms with Gasteiger partial charge in [0.25, 0.3) is 5.91 Å². The maximum atomic E-state index is 13.2. The predicted octanol–water partition coefficient (Wildman–Crippen LogP) is 3.94. The zero-order chi connectivity index (χ0) is 23.9. The van der Waals surface area contributed by atoms with E-state index in [2.05, 4.69) is 15.7 Å². The minimum atomic E-state index is -0.918. The Morgan fingerprint density at radius 2 is 1.82 bits per heavy atom. The first kappa shape index (κ1) is 22.9. The molecule has 2 aromatic carbocycles. The predicted molar refractivity (Wildman–Crippen MR) is 126 cm³/mol. The SMILES string of the molecule is COc1ccc(C(=O)N[C@@H]2C(=O)Nc3c(c(C)nn3C)[C@@H]2c2ccc(Cl)c(Cl)c2)cc1OC. The Balaban J connectivity index is 1.77. The lowest BCUT2D eigenvalue weighted by molar-refractivity contribution is -0.118. The Morgan fingerprint density at radius 1 is 1.09 bits per heavy atom. The zero-order valence-electron chi connectivity index (χ0n) is 18.4. The summed E-state index contributed by atoms with van der Waals surface area (Å²) in [5, 5.41) is 10.9. The van der Waals surface area contributed by atoms with Crippen LogP contribution in [0.3, 0.4) is 0 Å². The molecule has 10 heteroatoms. The summed E-state index contributed by atoms with van der Waals surface area (Å²) in [6, 6.07) is 9.05. The third kappa shape index (κ3) is 4.12. The summed E-state index contributed by atoms with van der Waals surface area (Å²) in [5.74, 6) is 0.145. The van der Waals surface area contributed by atoms with Crippen molar-refractivity contribution in [2.45, 2.75) is 18.9 Å². The second-order valence-corrected chi connectivity index (χ2v) is 8.45. The molecular weight excluding hydrogens is 467 g/mol. The van der Waals surface area contributed by atoms with Crippen LogP contribution < -0.4 is 20.1 Å². The van der Waals surface area contributed by atoms with Gasteiger partial charge in [0.15, 0.2) is 11.5 Å². The average Bonchev–Trinajstić information content (AvgIpc) is 3.08. The van der Waals surface area contributed by atoms with Gasteiger partial charge in [0, 0.05) is 24.1 Å². The fourth-order valence-electron chi connectivity index (χ4n) is 4.12. The fourth-order valence-corrected chi connectivity index (χ4v) is 4.43. The molecule has 2 N–H and O–H groups in total. The van der Waals surface area contributed by atoms with Gasteiger partial charge in [-0.1, -0.05) is 29.3 Å². The molecule has 0 fully saturated rings. The first-order chi connectivity index (χ1) is 15.7. The number of amides is 2.